The number of aliphatic hydroxyl groups is 1. The largest absolute Gasteiger partial charge is 0.506 e. The van der Waals surface area contributed by atoms with E-state index in [1.54, 1.807) is 30.3 Å². The van der Waals surface area contributed by atoms with Gasteiger partial charge in [-0.25, -0.2) is 4.90 Å². The molecule has 25 heavy (non-hydrogen) atoms. The molecule has 2 aromatic rings. The first-order chi connectivity index (χ1) is 11.8. The lowest BCUT2D eigenvalue weighted by atomic mass is 9.99. The van der Waals surface area contributed by atoms with Crippen molar-refractivity contribution < 1.29 is 19.5 Å². The van der Waals surface area contributed by atoms with Crippen LogP contribution in [0.5, 0.6) is 0 Å². The summed E-state index contributed by atoms with van der Waals surface area (Å²) in [7, 11) is 0. The topological polar surface area (TPSA) is 74.7 Å². The Morgan fingerprint density at radius 2 is 1.60 bits per heavy atom. The summed E-state index contributed by atoms with van der Waals surface area (Å²) in [5, 5.41) is 11.1. The summed E-state index contributed by atoms with van der Waals surface area (Å²) in [5.74, 6) is -1.55. The van der Waals surface area contributed by atoms with E-state index in [9.17, 15) is 19.5 Å². The molecular weight excluding hydrogens is 342 g/mol. The highest BCUT2D eigenvalue weighted by Crippen LogP contribution is 2.40. The van der Waals surface area contributed by atoms with Crippen molar-refractivity contribution in [3.8, 4) is 0 Å². The van der Waals surface area contributed by atoms with Gasteiger partial charge in [-0.1, -0.05) is 11.6 Å². The van der Waals surface area contributed by atoms with Crippen LogP contribution in [-0.4, -0.2) is 22.7 Å². The number of hydrogen-bond acceptors (Lipinski definition) is 4. The molecule has 0 saturated carbocycles. The molecule has 5 nitrogen and oxygen atoms in total. The molecule has 3 rings (SSSR count). The van der Waals surface area contributed by atoms with E-state index in [1.165, 1.54) is 26.0 Å². The maximum atomic E-state index is 12.7. The normalized spacial score (nSPS) is 15.2. The maximum absolute atomic E-state index is 12.7. The number of aliphatic hydroxyl groups excluding tert-OH is 1. The summed E-state index contributed by atoms with van der Waals surface area (Å²) in [5.41, 5.74) is 1.45. The lowest BCUT2D eigenvalue weighted by Crippen LogP contribution is -2.31. The molecule has 0 aliphatic carbocycles. The first-order valence-corrected chi connectivity index (χ1v) is 7.88. The third-order valence-electron chi connectivity index (χ3n) is 4.00. The van der Waals surface area contributed by atoms with Crippen LogP contribution in [0.15, 0.2) is 42.5 Å². The lowest BCUT2D eigenvalue weighted by Gasteiger charge is -2.12. The van der Waals surface area contributed by atoms with E-state index in [2.05, 4.69) is 0 Å². The van der Waals surface area contributed by atoms with Crippen molar-refractivity contribution in [3.05, 3.63) is 64.2 Å². The van der Waals surface area contributed by atoms with E-state index in [-0.39, 0.29) is 17.1 Å². The fourth-order valence-corrected chi connectivity index (χ4v) is 2.91. The van der Waals surface area contributed by atoms with Gasteiger partial charge >= 0.3 is 0 Å². The van der Waals surface area contributed by atoms with E-state index in [1.807, 2.05) is 0 Å². The molecule has 0 fully saturated rings. The second-order valence-corrected chi connectivity index (χ2v) is 6.11. The lowest BCUT2D eigenvalue weighted by molar-refractivity contribution is -0.122. The minimum absolute atomic E-state index is 0.0179. The van der Waals surface area contributed by atoms with Gasteiger partial charge in [0, 0.05) is 28.6 Å². The Labute approximate surface area is 149 Å². The molecule has 1 aliphatic rings. The monoisotopic (exact) mass is 355 g/mol. The number of halogens is 1. The zero-order valence-corrected chi connectivity index (χ0v) is 14.3. The Morgan fingerprint density at radius 3 is 2.16 bits per heavy atom. The van der Waals surface area contributed by atoms with Gasteiger partial charge in [0.05, 0.1) is 11.3 Å². The Morgan fingerprint density at radius 1 is 1.00 bits per heavy atom. The summed E-state index contributed by atoms with van der Waals surface area (Å²) in [6.45, 7) is 2.67. The van der Waals surface area contributed by atoms with Crippen molar-refractivity contribution >= 4 is 46.2 Å². The fraction of sp³-hybridized carbons (Fsp3) is 0.105. The van der Waals surface area contributed by atoms with Crippen LogP contribution in [0.1, 0.15) is 35.3 Å². The average molecular weight is 356 g/mol. The molecule has 0 radical (unpaired) electrons. The van der Waals surface area contributed by atoms with Crippen LogP contribution in [0, 0.1) is 0 Å². The number of benzene rings is 2. The quantitative estimate of drug-likeness (QED) is 0.504. The SMILES string of the molecule is CC(=O)c1ccc2c(c1)C(=C(O)c1ccc(Cl)cc1)C(=O)N2C(C)=O. The second-order valence-electron chi connectivity index (χ2n) is 5.68. The Bertz CT molecular complexity index is 944. The van der Waals surface area contributed by atoms with Crippen LogP contribution < -0.4 is 4.90 Å². The van der Waals surface area contributed by atoms with E-state index in [0.29, 0.717) is 27.4 Å². The second kappa shape index (κ2) is 6.18. The van der Waals surface area contributed by atoms with Gasteiger partial charge in [0.2, 0.25) is 5.91 Å². The Balaban J connectivity index is 2.27. The molecule has 6 heteroatoms. The molecule has 2 amide bonds. The minimum Gasteiger partial charge on any atom is -0.506 e. The molecule has 0 atom stereocenters. The number of carbonyl (C=O) groups is 3. The van der Waals surface area contributed by atoms with Crippen LogP contribution >= 0.6 is 11.6 Å². The third kappa shape index (κ3) is 2.83. The zero-order valence-electron chi connectivity index (χ0n) is 13.5. The van der Waals surface area contributed by atoms with Gasteiger partial charge in [-0.3, -0.25) is 14.4 Å². The number of carbonyl (C=O) groups excluding carboxylic acids is 3. The highest BCUT2D eigenvalue weighted by atomic mass is 35.5. The van der Waals surface area contributed by atoms with Crippen LogP contribution in [0.3, 0.4) is 0 Å². The summed E-state index contributed by atoms with van der Waals surface area (Å²) in [4.78, 5) is 37.3. The average Bonchev–Trinajstić information content (AvgIpc) is 2.85. The van der Waals surface area contributed by atoms with Crippen molar-refractivity contribution in [3.63, 3.8) is 0 Å². The van der Waals surface area contributed by atoms with Gasteiger partial charge in [-0.15, -0.1) is 0 Å². The van der Waals surface area contributed by atoms with Crippen LogP contribution in [0.4, 0.5) is 5.69 Å². The van der Waals surface area contributed by atoms with E-state index < -0.39 is 11.8 Å². The molecule has 0 aromatic heterocycles. The highest BCUT2D eigenvalue weighted by molar-refractivity contribution is 6.43. The molecule has 0 unspecified atom stereocenters. The van der Waals surface area contributed by atoms with Gasteiger partial charge in [-0.2, -0.15) is 0 Å². The summed E-state index contributed by atoms with van der Waals surface area (Å²) in [6.07, 6.45) is 0. The standard InChI is InChI=1S/C19H14ClNO4/c1-10(22)13-5-8-16-15(9-13)17(19(25)21(16)11(2)23)18(24)12-3-6-14(20)7-4-12/h3-9,24H,1-2H3. The summed E-state index contributed by atoms with van der Waals surface area (Å²) in [6, 6.07) is 10.9. The Kier molecular flexibility index (Phi) is 4.18. The highest BCUT2D eigenvalue weighted by Gasteiger charge is 2.38. The number of imide groups is 1. The number of amides is 2. The van der Waals surface area contributed by atoms with Crippen molar-refractivity contribution in [1.82, 2.24) is 0 Å². The van der Waals surface area contributed by atoms with Gasteiger partial charge in [0.25, 0.3) is 5.91 Å². The summed E-state index contributed by atoms with van der Waals surface area (Å²) >= 11 is 5.85. The molecule has 1 N–H and O–H groups in total. The van der Waals surface area contributed by atoms with E-state index in [0.717, 1.165) is 4.90 Å². The first-order valence-electron chi connectivity index (χ1n) is 7.51. The smallest absolute Gasteiger partial charge is 0.269 e. The minimum atomic E-state index is -0.629. The van der Waals surface area contributed by atoms with Crippen molar-refractivity contribution in [2.45, 2.75) is 13.8 Å². The number of fused-ring (bicyclic) bond motifs is 1. The molecule has 1 heterocycles. The van der Waals surface area contributed by atoms with Crippen molar-refractivity contribution in [2.75, 3.05) is 4.90 Å². The fourth-order valence-electron chi connectivity index (χ4n) is 2.78. The van der Waals surface area contributed by atoms with Crippen molar-refractivity contribution in [1.29, 1.82) is 0 Å². The van der Waals surface area contributed by atoms with Gasteiger partial charge in [0.1, 0.15) is 5.76 Å². The molecule has 0 spiro atoms. The molecule has 0 saturated heterocycles. The maximum Gasteiger partial charge on any atom is 0.269 e. The molecule has 126 valence electrons. The van der Waals surface area contributed by atoms with Gasteiger partial charge < -0.3 is 5.11 Å². The number of rotatable bonds is 2. The summed E-state index contributed by atoms with van der Waals surface area (Å²) < 4.78 is 0. The van der Waals surface area contributed by atoms with Crippen LogP contribution in [0.25, 0.3) is 11.3 Å². The number of ketones is 1. The first kappa shape index (κ1) is 16.9. The van der Waals surface area contributed by atoms with E-state index >= 15 is 0 Å². The van der Waals surface area contributed by atoms with Crippen molar-refractivity contribution in [2.24, 2.45) is 0 Å². The molecular formula is C19H14ClNO4. The Hall–Kier alpha value is -2.92. The van der Waals surface area contributed by atoms with E-state index in [4.69, 9.17) is 11.6 Å². The zero-order chi connectivity index (χ0) is 18.3. The van der Waals surface area contributed by atoms with Crippen LogP contribution in [-0.2, 0) is 9.59 Å². The molecule has 2 aromatic carbocycles. The van der Waals surface area contributed by atoms with Crippen LogP contribution in [0.2, 0.25) is 5.02 Å². The number of hydrogen-bond donors (Lipinski definition) is 1. The molecule has 1 aliphatic heterocycles. The molecule has 0 bridgehead atoms. The predicted octanol–water partition coefficient (Wildman–Crippen LogP) is 3.86. The van der Waals surface area contributed by atoms with Gasteiger partial charge in [-0.05, 0) is 49.4 Å². The number of anilines is 1. The third-order valence-corrected chi connectivity index (χ3v) is 4.25. The van der Waals surface area contributed by atoms with Gasteiger partial charge in [0.15, 0.2) is 5.78 Å². The number of nitrogens with zero attached hydrogens (tertiary/aromatic N) is 1. The predicted molar refractivity (Wildman–Crippen MR) is 95.5 cm³/mol. The number of Topliss-reactive ketones (excluding diaryl/α,β-unsaturated/α-hetero) is 1.